The Morgan fingerprint density at radius 2 is 2.00 bits per heavy atom. The van der Waals surface area contributed by atoms with Gasteiger partial charge in [0, 0.05) is 6.08 Å². The zero-order valence-corrected chi connectivity index (χ0v) is 5.11. The number of allylic oxidation sites excluding steroid dienone is 1. The van der Waals surface area contributed by atoms with Crippen molar-refractivity contribution in [3.63, 3.8) is 0 Å². The second-order valence-corrected chi connectivity index (χ2v) is 1.40. The molecule has 5 heteroatoms. The highest BCUT2D eigenvalue weighted by Gasteiger charge is 2.36. The fraction of sp³-hybridized carbons (Fsp3) is 0.400. The third-order valence-corrected chi connectivity index (χ3v) is 0.635. The number of carbonyl (C=O) groups is 1. The molecule has 0 saturated heterocycles. The van der Waals surface area contributed by atoms with E-state index in [9.17, 15) is 18.0 Å². The van der Waals surface area contributed by atoms with Gasteiger partial charge in [-0.05, 0) is 0 Å². The lowest BCUT2D eigenvalue weighted by atomic mass is 10.4. The highest BCUT2D eigenvalue weighted by Crippen LogP contribution is 2.15. The first-order chi connectivity index (χ1) is 4.48. The number of rotatable bonds is 2. The molecule has 0 fully saturated rings. The van der Waals surface area contributed by atoms with Crippen molar-refractivity contribution in [2.75, 3.05) is 7.11 Å². The molecule has 0 aromatic heterocycles. The predicted octanol–water partition coefficient (Wildman–Crippen LogP) is 1.28. The van der Waals surface area contributed by atoms with E-state index < -0.39 is 12.0 Å². The largest absolute Gasteiger partial charge is 0.504 e. The summed E-state index contributed by atoms with van der Waals surface area (Å²) in [5.41, 5.74) is 0. The van der Waals surface area contributed by atoms with Crippen LogP contribution >= 0.6 is 0 Å². The molecule has 0 rings (SSSR count). The van der Waals surface area contributed by atoms with Gasteiger partial charge in [0.15, 0.2) is 0 Å². The third-order valence-electron chi connectivity index (χ3n) is 0.635. The molecule has 10 heavy (non-hydrogen) atoms. The molecule has 0 atom stereocenters. The summed E-state index contributed by atoms with van der Waals surface area (Å²) < 4.78 is 38.1. The topological polar surface area (TPSA) is 26.3 Å². The maximum atomic E-state index is 11.3. The minimum Gasteiger partial charge on any atom is -0.504 e. The highest BCUT2D eigenvalue weighted by atomic mass is 19.4. The van der Waals surface area contributed by atoms with Crippen molar-refractivity contribution in [2.45, 2.75) is 6.18 Å². The Balaban J connectivity index is 3.98. The van der Waals surface area contributed by atoms with Crippen molar-refractivity contribution in [1.82, 2.24) is 0 Å². The van der Waals surface area contributed by atoms with Crippen LogP contribution in [-0.2, 0) is 9.53 Å². The zero-order valence-electron chi connectivity index (χ0n) is 5.11. The number of carbonyl (C=O) groups excluding carboxylic acids is 1. The summed E-state index contributed by atoms with van der Waals surface area (Å²) in [7, 11) is 1.15. The lowest BCUT2D eigenvalue weighted by molar-refractivity contribution is -0.165. The first-order valence-electron chi connectivity index (χ1n) is 2.29. The Kier molecular flexibility index (Phi) is 2.92. The predicted molar refractivity (Wildman–Crippen MR) is 27.2 cm³/mol. The van der Waals surface area contributed by atoms with Crippen molar-refractivity contribution >= 4 is 5.78 Å². The smallest absolute Gasteiger partial charge is 0.454 e. The molecule has 0 unspecified atom stereocenters. The molecule has 0 aliphatic heterocycles. The first-order valence-corrected chi connectivity index (χ1v) is 2.29. The number of hydrogen-bond donors (Lipinski definition) is 0. The summed E-state index contributed by atoms with van der Waals surface area (Å²) in [5.74, 6) is -1.92. The Morgan fingerprint density at radius 1 is 1.50 bits per heavy atom. The van der Waals surface area contributed by atoms with Crippen LogP contribution in [0.5, 0.6) is 0 Å². The maximum Gasteiger partial charge on any atom is 0.454 e. The number of hydrogen-bond acceptors (Lipinski definition) is 2. The molecule has 0 amide bonds. The van der Waals surface area contributed by atoms with E-state index in [1.165, 1.54) is 0 Å². The second kappa shape index (κ2) is 3.24. The Labute approximate surface area is 55.3 Å². The number of methoxy groups -OCH3 is 1. The summed E-state index contributed by atoms with van der Waals surface area (Å²) in [6, 6.07) is 0. The average Bonchev–Trinajstić information content (AvgIpc) is 1.80. The SMILES string of the molecule is CO/C=C/C(=O)C(F)(F)F. The number of ether oxygens (including phenoxy) is 1. The van der Waals surface area contributed by atoms with E-state index in [1.807, 2.05) is 0 Å². The molecule has 0 N–H and O–H groups in total. The van der Waals surface area contributed by atoms with Crippen molar-refractivity contribution in [3.8, 4) is 0 Å². The number of ketones is 1. The second-order valence-electron chi connectivity index (χ2n) is 1.40. The molecule has 2 nitrogen and oxygen atoms in total. The first kappa shape index (κ1) is 9.00. The van der Waals surface area contributed by atoms with Gasteiger partial charge in [-0.3, -0.25) is 4.79 Å². The summed E-state index contributed by atoms with van der Waals surface area (Å²) in [6.45, 7) is 0. The van der Waals surface area contributed by atoms with Crippen LogP contribution in [0, 0.1) is 0 Å². The van der Waals surface area contributed by atoms with Crippen molar-refractivity contribution in [1.29, 1.82) is 0 Å². The summed E-state index contributed by atoms with van der Waals surface area (Å²) >= 11 is 0. The lowest BCUT2D eigenvalue weighted by Crippen LogP contribution is -2.19. The van der Waals surface area contributed by atoms with Gasteiger partial charge in [0.05, 0.1) is 13.4 Å². The third kappa shape index (κ3) is 3.11. The molecular weight excluding hydrogens is 149 g/mol. The van der Waals surface area contributed by atoms with E-state index in [-0.39, 0.29) is 0 Å². The molecule has 0 saturated carbocycles. The van der Waals surface area contributed by atoms with Crippen molar-refractivity contribution in [3.05, 3.63) is 12.3 Å². The van der Waals surface area contributed by atoms with Gasteiger partial charge in [-0.1, -0.05) is 0 Å². The summed E-state index contributed by atoms with van der Waals surface area (Å²) in [6.07, 6.45) is -3.80. The Bertz CT molecular complexity index is 147. The average molecular weight is 154 g/mol. The van der Waals surface area contributed by atoms with E-state index in [1.54, 1.807) is 0 Å². The standard InChI is InChI=1S/C5H5F3O2/c1-10-3-2-4(9)5(6,7)8/h2-3H,1H3/b3-2+. The molecule has 0 radical (unpaired) electrons. The van der Waals surface area contributed by atoms with Crippen LogP contribution < -0.4 is 0 Å². The van der Waals surface area contributed by atoms with Crippen molar-refractivity contribution in [2.24, 2.45) is 0 Å². The Morgan fingerprint density at radius 3 is 2.30 bits per heavy atom. The number of alkyl halides is 3. The lowest BCUT2D eigenvalue weighted by Gasteiger charge is -1.98. The fourth-order valence-electron chi connectivity index (χ4n) is 0.224. The molecule has 0 heterocycles. The van der Waals surface area contributed by atoms with Crippen LogP contribution in [0.2, 0.25) is 0 Å². The van der Waals surface area contributed by atoms with Gasteiger partial charge in [0.25, 0.3) is 5.78 Å². The van der Waals surface area contributed by atoms with Gasteiger partial charge in [0.2, 0.25) is 0 Å². The van der Waals surface area contributed by atoms with E-state index >= 15 is 0 Å². The van der Waals surface area contributed by atoms with Crippen LogP contribution in [0.4, 0.5) is 13.2 Å². The van der Waals surface area contributed by atoms with Crippen LogP contribution in [0.3, 0.4) is 0 Å². The van der Waals surface area contributed by atoms with E-state index in [4.69, 9.17) is 0 Å². The van der Waals surface area contributed by atoms with Gasteiger partial charge >= 0.3 is 6.18 Å². The summed E-state index contributed by atoms with van der Waals surface area (Å²) in [5, 5.41) is 0. The van der Waals surface area contributed by atoms with Gasteiger partial charge < -0.3 is 4.74 Å². The van der Waals surface area contributed by atoms with Gasteiger partial charge in [-0.25, -0.2) is 0 Å². The fourth-order valence-corrected chi connectivity index (χ4v) is 0.224. The van der Waals surface area contributed by atoms with Gasteiger partial charge in [-0.2, -0.15) is 13.2 Å². The van der Waals surface area contributed by atoms with Crippen LogP contribution in [-0.4, -0.2) is 19.1 Å². The number of halogens is 3. The quantitative estimate of drug-likeness (QED) is 0.442. The van der Waals surface area contributed by atoms with E-state index in [2.05, 4.69) is 4.74 Å². The Hall–Kier alpha value is -1.00. The minimum absolute atomic E-state index is 0.319. The summed E-state index contributed by atoms with van der Waals surface area (Å²) in [4.78, 5) is 9.93. The van der Waals surface area contributed by atoms with Crippen LogP contribution in [0.1, 0.15) is 0 Å². The highest BCUT2D eigenvalue weighted by molar-refractivity contribution is 5.94. The maximum absolute atomic E-state index is 11.3. The van der Waals surface area contributed by atoms with Crippen LogP contribution in [0.25, 0.3) is 0 Å². The molecule has 0 aromatic rings. The molecule has 0 aliphatic rings. The molecule has 0 spiro atoms. The van der Waals surface area contributed by atoms with E-state index in [0.29, 0.717) is 12.3 Å². The monoisotopic (exact) mass is 154 g/mol. The molecule has 58 valence electrons. The normalized spacial score (nSPS) is 12.0. The van der Waals surface area contributed by atoms with Crippen molar-refractivity contribution < 1.29 is 22.7 Å². The van der Waals surface area contributed by atoms with E-state index in [0.717, 1.165) is 7.11 Å². The van der Waals surface area contributed by atoms with Gasteiger partial charge in [0.1, 0.15) is 0 Å². The van der Waals surface area contributed by atoms with Crippen LogP contribution in [0.15, 0.2) is 12.3 Å². The minimum atomic E-state index is -4.80. The molecular formula is C5H5F3O2. The zero-order chi connectivity index (χ0) is 8.20. The molecule has 0 aliphatic carbocycles. The molecule has 0 bridgehead atoms. The van der Waals surface area contributed by atoms with Gasteiger partial charge in [-0.15, -0.1) is 0 Å². The molecule has 0 aromatic carbocycles.